The normalized spacial score (nSPS) is 10.7. The van der Waals surface area contributed by atoms with Crippen LogP contribution < -0.4 is 5.73 Å². The van der Waals surface area contributed by atoms with E-state index in [0.717, 1.165) is 17.8 Å². The van der Waals surface area contributed by atoms with Crippen LogP contribution in [0.1, 0.15) is 34.2 Å². The van der Waals surface area contributed by atoms with Gasteiger partial charge in [-0.2, -0.15) is 5.10 Å². The molecule has 5 heteroatoms. The molecule has 0 aliphatic carbocycles. The maximum Gasteiger partial charge on any atom is 0.335 e. The number of aromatic nitrogens is 2. The number of nitrogens with zero attached hydrogens (tertiary/aromatic N) is 2. The summed E-state index contributed by atoms with van der Waals surface area (Å²) in [6, 6.07) is 4.64. The molecule has 0 bridgehead atoms. The molecule has 1 heterocycles. The minimum absolute atomic E-state index is 0.204. The number of carbonyl (C=O) groups is 1. The standard InChI is InChI=1S/C14H17N3O2/c1-4-11-8(2)16-17(9(11)3)13-7-10(14(18)19)5-6-12(13)15/h5-7H,4,15H2,1-3H3,(H,18,19). The minimum Gasteiger partial charge on any atom is -0.478 e. The fraction of sp³-hybridized carbons (Fsp3) is 0.286. The second-order valence-corrected chi connectivity index (χ2v) is 4.49. The number of carboxylic acids is 1. The summed E-state index contributed by atoms with van der Waals surface area (Å²) in [5, 5.41) is 13.5. The molecule has 0 saturated carbocycles. The van der Waals surface area contributed by atoms with Gasteiger partial charge < -0.3 is 10.8 Å². The molecule has 0 atom stereocenters. The largest absolute Gasteiger partial charge is 0.478 e. The van der Waals surface area contributed by atoms with Crippen molar-refractivity contribution in [3.8, 4) is 5.69 Å². The van der Waals surface area contributed by atoms with Crippen molar-refractivity contribution in [2.45, 2.75) is 27.2 Å². The number of nitrogens with two attached hydrogens (primary N) is 1. The van der Waals surface area contributed by atoms with E-state index in [1.54, 1.807) is 16.8 Å². The smallest absolute Gasteiger partial charge is 0.335 e. The topological polar surface area (TPSA) is 81.1 Å². The Labute approximate surface area is 111 Å². The zero-order chi connectivity index (χ0) is 14.2. The lowest BCUT2D eigenvalue weighted by atomic mass is 10.1. The second-order valence-electron chi connectivity index (χ2n) is 4.49. The first-order valence-corrected chi connectivity index (χ1v) is 6.14. The molecule has 0 amide bonds. The predicted octanol–water partition coefficient (Wildman–Crippen LogP) is 2.33. The van der Waals surface area contributed by atoms with E-state index >= 15 is 0 Å². The molecule has 100 valence electrons. The SMILES string of the molecule is CCc1c(C)nn(-c2cc(C(=O)O)ccc2N)c1C. The molecule has 0 spiro atoms. The average molecular weight is 259 g/mol. The van der Waals surface area contributed by atoms with E-state index in [2.05, 4.69) is 12.0 Å². The van der Waals surface area contributed by atoms with Gasteiger partial charge in [-0.05, 0) is 44.0 Å². The van der Waals surface area contributed by atoms with Gasteiger partial charge in [-0.3, -0.25) is 0 Å². The van der Waals surface area contributed by atoms with Crippen LogP contribution in [0.3, 0.4) is 0 Å². The molecule has 2 rings (SSSR count). The molecular formula is C14H17N3O2. The lowest BCUT2D eigenvalue weighted by Crippen LogP contribution is -2.06. The van der Waals surface area contributed by atoms with Crippen LogP contribution in [0, 0.1) is 13.8 Å². The van der Waals surface area contributed by atoms with E-state index in [1.807, 2.05) is 13.8 Å². The van der Waals surface area contributed by atoms with Crippen LogP contribution in [0.4, 0.5) is 5.69 Å². The number of benzene rings is 1. The van der Waals surface area contributed by atoms with Gasteiger partial charge in [0.15, 0.2) is 0 Å². The summed E-state index contributed by atoms with van der Waals surface area (Å²) in [5.41, 5.74) is 10.4. The molecule has 0 aliphatic rings. The fourth-order valence-electron chi connectivity index (χ4n) is 2.28. The van der Waals surface area contributed by atoms with E-state index in [4.69, 9.17) is 10.8 Å². The number of aromatic carboxylic acids is 1. The van der Waals surface area contributed by atoms with Gasteiger partial charge in [0.05, 0.1) is 22.6 Å². The lowest BCUT2D eigenvalue weighted by Gasteiger charge is -2.09. The Morgan fingerprint density at radius 1 is 1.42 bits per heavy atom. The third-order valence-corrected chi connectivity index (χ3v) is 3.30. The van der Waals surface area contributed by atoms with Crippen LogP contribution in [-0.4, -0.2) is 20.9 Å². The summed E-state index contributed by atoms with van der Waals surface area (Å²) < 4.78 is 1.72. The number of carboxylic acid groups (broad SMARTS) is 1. The highest BCUT2D eigenvalue weighted by molar-refractivity contribution is 5.89. The Kier molecular flexibility index (Phi) is 3.29. The molecule has 2 aromatic rings. The third kappa shape index (κ3) is 2.19. The number of aryl methyl sites for hydroxylation is 1. The predicted molar refractivity (Wildman–Crippen MR) is 73.8 cm³/mol. The van der Waals surface area contributed by atoms with Crippen LogP contribution in [-0.2, 0) is 6.42 Å². The molecule has 19 heavy (non-hydrogen) atoms. The van der Waals surface area contributed by atoms with E-state index < -0.39 is 5.97 Å². The van der Waals surface area contributed by atoms with Crippen molar-refractivity contribution in [3.63, 3.8) is 0 Å². The van der Waals surface area contributed by atoms with Gasteiger partial charge >= 0.3 is 5.97 Å². The number of anilines is 1. The van der Waals surface area contributed by atoms with Gasteiger partial charge in [0.1, 0.15) is 0 Å². The van der Waals surface area contributed by atoms with Crippen molar-refractivity contribution in [2.75, 3.05) is 5.73 Å². The third-order valence-electron chi connectivity index (χ3n) is 3.30. The van der Waals surface area contributed by atoms with Gasteiger partial charge in [0, 0.05) is 5.69 Å². The van der Waals surface area contributed by atoms with Crippen LogP contribution in [0.2, 0.25) is 0 Å². The quantitative estimate of drug-likeness (QED) is 0.829. The molecule has 0 fully saturated rings. The average Bonchev–Trinajstić information content (AvgIpc) is 2.64. The van der Waals surface area contributed by atoms with Crippen molar-refractivity contribution < 1.29 is 9.90 Å². The Balaban J connectivity index is 2.64. The van der Waals surface area contributed by atoms with Crippen LogP contribution in [0.15, 0.2) is 18.2 Å². The van der Waals surface area contributed by atoms with Gasteiger partial charge in [-0.25, -0.2) is 9.48 Å². The first-order chi connectivity index (χ1) is 8.95. The highest BCUT2D eigenvalue weighted by Crippen LogP contribution is 2.23. The van der Waals surface area contributed by atoms with E-state index in [-0.39, 0.29) is 5.56 Å². The van der Waals surface area contributed by atoms with Gasteiger partial charge in [0.2, 0.25) is 0 Å². The van der Waals surface area contributed by atoms with E-state index in [0.29, 0.717) is 11.4 Å². The molecule has 0 radical (unpaired) electrons. The number of hydrogen-bond acceptors (Lipinski definition) is 3. The summed E-state index contributed by atoms with van der Waals surface area (Å²) in [6.45, 7) is 5.98. The molecule has 0 aliphatic heterocycles. The molecule has 0 unspecified atom stereocenters. The van der Waals surface area contributed by atoms with Crippen LogP contribution in [0.5, 0.6) is 0 Å². The van der Waals surface area contributed by atoms with Crippen molar-refractivity contribution in [3.05, 3.63) is 40.7 Å². The molecule has 1 aromatic carbocycles. The van der Waals surface area contributed by atoms with Crippen LogP contribution >= 0.6 is 0 Å². The summed E-state index contributed by atoms with van der Waals surface area (Å²) in [4.78, 5) is 11.0. The first-order valence-electron chi connectivity index (χ1n) is 6.14. The summed E-state index contributed by atoms with van der Waals surface area (Å²) in [7, 11) is 0. The molecule has 3 N–H and O–H groups in total. The van der Waals surface area contributed by atoms with Gasteiger partial charge in [-0.15, -0.1) is 0 Å². The maximum atomic E-state index is 11.0. The molecule has 5 nitrogen and oxygen atoms in total. The van der Waals surface area contributed by atoms with E-state index in [9.17, 15) is 4.79 Å². The Morgan fingerprint density at radius 3 is 2.63 bits per heavy atom. The van der Waals surface area contributed by atoms with Gasteiger partial charge in [0.25, 0.3) is 0 Å². The zero-order valence-corrected chi connectivity index (χ0v) is 11.3. The van der Waals surface area contributed by atoms with Gasteiger partial charge in [-0.1, -0.05) is 6.92 Å². The molecular weight excluding hydrogens is 242 g/mol. The monoisotopic (exact) mass is 259 g/mol. The lowest BCUT2D eigenvalue weighted by molar-refractivity contribution is 0.0697. The summed E-state index contributed by atoms with van der Waals surface area (Å²) >= 11 is 0. The Hall–Kier alpha value is -2.30. The highest BCUT2D eigenvalue weighted by atomic mass is 16.4. The Morgan fingerprint density at radius 2 is 2.11 bits per heavy atom. The zero-order valence-electron chi connectivity index (χ0n) is 11.3. The fourth-order valence-corrected chi connectivity index (χ4v) is 2.28. The van der Waals surface area contributed by atoms with E-state index in [1.165, 1.54) is 11.6 Å². The summed E-state index contributed by atoms with van der Waals surface area (Å²) in [5.74, 6) is -0.974. The number of nitrogen functional groups attached to an aromatic ring is 1. The van der Waals surface area contributed by atoms with Crippen molar-refractivity contribution in [2.24, 2.45) is 0 Å². The second kappa shape index (κ2) is 4.76. The number of rotatable bonds is 3. The summed E-state index contributed by atoms with van der Waals surface area (Å²) in [6.07, 6.45) is 0.885. The Bertz CT molecular complexity index is 644. The van der Waals surface area contributed by atoms with Crippen molar-refractivity contribution in [1.82, 2.24) is 9.78 Å². The number of hydrogen-bond donors (Lipinski definition) is 2. The van der Waals surface area contributed by atoms with Crippen molar-refractivity contribution in [1.29, 1.82) is 0 Å². The molecule has 1 aromatic heterocycles. The maximum absolute atomic E-state index is 11.0. The highest BCUT2D eigenvalue weighted by Gasteiger charge is 2.14. The minimum atomic E-state index is -0.974. The first kappa shape index (κ1) is 13.1. The van der Waals surface area contributed by atoms with Crippen molar-refractivity contribution >= 4 is 11.7 Å². The van der Waals surface area contributed by atoms with Crippen LogP contribution in [0.25, 0.3) is 5.69 Å². The molecule has 0 saturated heterocycles.